The fourth-order valence-corrected chi connectivity index (χ4v) is 3.08. The van der Waals surface area contributed by atoms with E-state index in [2.05, 4.69) is 31.4 Å². The van der Waals surface area contributed by atoms with E-state index in [9.17, 15) is 9.59 Å². The van der Waals surface area contributed by atoms with Crippen molar-refractivity contribution in [1.29, 1.82) is 0 Å². The quantitative estimate of drug-likeness (QED) is 0.755. The van der Waals surface area contributed by atoms with E-state index in [0.717, 1.165) is 4.47 Å². The number of morpholine rings is 1. The van der Waals surface area contributed by atoms with Gasteiger partial charge in [0, 0.05) is 38.8 Å². The zero-order valence-electron chi connectivity index (χ0n) is 14.5. The predicted octanol–water partition coefficient (Wildman–Crippen LogP) is 1.36. The van der Waals surface area contributed by atoms with Gasteiger partial charge < -0.3 is 15.0 Å². The van der Waals surface area contributed by atoms with E-state index in [-0.39, 0.29) is 18.2 Å². The maximum Gasteiger partial charge on any atom is 0.274 e. The summed E-state index contributed by atoms with van der Waals surface area (Å²) in [5, 5.41) is 11.2. The molecule has 3 heterocycles. The molecule has 0 spiro atoms. The summed E-state index contributed by atoms with van der Waals surface area (Å²) in [6, 6.07) is 0. The molecule has 1 saturated heterocycles. The summed E-state index contributed by atoms with van der Waals surface area (Å²) < 4.78 is 9.45. The molecule has 1 N–H and O–H groups in total. The number of carbonyl (C=O) groups is 2. The van der Waals surface area contributed by atoms with Gasteiger partial charge in [-0.3, -0.25) is 19.0 Å². The summed E-state index contributed by atoms with van der Waals surface area (Å²) in [6.45, 7) is 5.02. The molecule has 3 rings (SSSR count). The fraction of sp³-hybridized carbons (Fsp3) is 0.500. The lowest BCUT2D eigenvalue weighted by atomic mass is 10.2. The molecule has 0 aromatic carbocycles. The van der Waals surface area contributed by atoms with Gasteiger partial charge in [-0.25, -0.2) is 0 Å². The molecule has 0 radical (unpaired) electrons. The van der Waals surface area contributed by atoms with E-state index < -0.39 is 0 Å². The monoisotopic (exact) mass is 424 g/mol. The van der Waals surface area contributed by atoms with Crippen LogP contribution >= 0.6 is 15.9 Å². The Hall–Kier alpha value is -2.20. The average molecular weight is 425 g/mol. The Bertz CT molecular complexity index is 781. The van der Waals surface area contributed by atoms with Gasteiger partial charge in [0.1, 0.15) is 5.69 Å². The number of anilines is 1. The number of hydrogen-bond donors (Lipinski definition) is 1. The van der Waals surface area contributed by atoms with E-state index in [4.69, 9.17) is 4.74 Å². The highest BCUT2D eigenvalue weighted by atomic mass is 79.9. The molecule has 26 heavy (non-hydrogen) atoms. The summed E-state index contributed by atoms with van der Waals surface area (Å²) in [5.41, 5.74) is 0.847. The lowest BCUT2D eigenvalue weighted by Crippen LogP contribution is -2.41. The van der Waals surface area contributed by atoms with Crippen LogP contribution in [-0.4, -0.2) is 62.6 Å². The van der Waals surface area contributed by atoms with Crippen LogP contribution < -0.4 is 5.32 Å². The van der Waals surface area contributed by atoms with Crippen molar-refractivity contribution in [2.24, 2.45) is 0 Å². The number of halogens is 1. The largest absolute Gasteiger partial charge is 0.378 e. The van der Waals surface area contributed by atoms with Gasteiger partial charge in [-0.2, -0.15) is 10.2 Å². The van der Waals surface area contributed by atoms with Crippen LogP contribution in [0.3, 0.4) is 0 Å². The van der Waals surface area contributed by atoms with E-state index >= 15 is 0 Å². The highest BCUT2D eigenvalue weighted by Crippen LogP contribution is 2.19. The summed E-state index contributed by atoms with van der Waals surface area (Å²) >= 11 is 3.32. The molecule has 2 amide bonds. The van der Waals surface area contributed by atoms with Crippen molar-refractivity contribution in [2.45, 2.75) is 26.4 Å². The Morgan fingerprint density at radius 3 is 2.69 bits per heavy atom. The third kappa shape index (κ3) is 4.31. The number of hydrogen-bond acceptors (Lipinski definition) is 5. The summed E-state index contributed by atoms with van der Waals surface area (Å²) in [4.78, 5) is 26.9. The Morgan fingerprint density at radius 2 is 2.04 bits per heavy atom. The van der Waals surface area contributed by atoms with Crippen LogP contribution in [0.5, 0.6) is 0 Å². The van der Waals surface area contributed by atoms with E-state index in [1.807, 2.05) is 6.92 Å². The Labute approximate surface area is 159 Å². The number of nitrogens with zero attached hydrogens (tertiary/aromatic N) is 5. The average Bonchev–Trinajstić information content (AvgIpc) is 3.26. The Morgan fingerprint density at radius 1 is 1.27 bits per heavy atom. The first kappa shape index (κ1) is 18.6. The van der Waals surface area contributed by atoms with Crippen LogP contribution in [0.25, 0.3) is 0 Å². The standard InChI is InChI=1S/C16H21BrN6O3/c1-2-23-15(16(25)21-5-7-26-8-6-21)13(10-19-23)20-14(24)3-4-22-11-12(17)9-18-22/h9-11H,2-8H2,1H3,(H,20,24). The van der Waals surface area contributed by atoms with Crippen molar-refractivity contribution in [2.75, 3.05) is 31.6 Å². The maximum absolute atomic E-state index is 12.9. The van der Waals surface area contributed by atoms with Crippen LogP contribution in [0.15, 0.2) is 23.1 Å². The normalized spacial score (nSPS) is 14.5. The lowest BCUT2D eigenvalue weighted by molar-refractivity contribution is -0.116. The van der Waals surface area contributed by atoms with Crippen LogP contribution in [-0.2, 0) is 22.6 Å². The molecule has 140 valence electrons. The minimum absolute atomic E-state index is 0.140. The zero-order valence-corrected chi connectivity index (χ0v) is 16.1. The first-order valence-corrected chi connectivity index (χ1v) is 9.28. The van der Waals surface area contributed by atoms with Crippen LogP contribution in [0.2, 0.25) is 0 Å². The molecule has 2 aromatic heterocycles. The number of ether oxygens (including phenoxy) is 1. The van der Waals surface area contributed by atoms with Gasteiger partial charge in [0.2, 0.25) is 5.91 Å². The van der Waals surface area contributed by atoms with Crippen LogP contribution in [0.1, 0.15) is 23.8 Å². The summed E-state index contributed by atoms with van der Waals surface area (Å²) in [7, 11) is 0. The topological polar surface area (TPSA) is 94.3 Å². The van der Waals surface area contributed by atoms with Gasteiger partial charge in [-0.1, -0.05) is 0 Å². The van der Waals surface area contributed by atoms with Gasteiger partial charge >= 0.3 is 0 Å². The summed E-state index contributed by atoms with van der Waals surface area (Å²) in [6.07, 6.45) is 5.24. The summed E-state index contributed by atoms with van der Waals surface area (Å²) in [5.74, 6) is -0.331. The third-order valence-electron chi connectivity index (χ3n) is 4.08. The van der Waals surface area contributed by atoms with Gasteiger partial charge in [0.05, 0.1) is 35.8 Å². The van der Waals surface area contributed by atoms with Crippen molar-refractivity contribution >= 4 is 33.4 Å². The molecule has 1 aliphatic heterocycles. The molecule has 2 aromatic rings. The second-order valence-electron chi connectivity index (χ2n) is 5.85. The predicted molar refractivity (Wildman–Crippen MR) is 97.8 cm³/mol. The number of nitrogens with one attached hydrogen (secondary N) is 1. The molecule has 0 saturated carbocycles. The molecule has 0 unspecified atom stereocenters. The third-order valence-corrected chi connectivity index (χ3v) is 4.49. The number of amides is 2. The van der Waals surface area contributed by atoms with Crippen molar-refractivity contribution in [3.63, 3.8) is 0 Å². The number of rotatable bonds is 6. The zero-order chi connectivity index (χ0) is 18.5. The minimum Gasteiger partial charge on any atom is -0.378 e. The minimum atomic E-state index is -0.191. The Balaban J connectivity index is 1.68. The van der Waals surface area contributed by atoms with Gasteiger partial charge in [0.15, 0.2) is 0 Å². The van der Waals surface area contributed by atoms with E-state index in [0.29, 0.717) is 50.8 Å². The molecule has 1 aliphatic rings. The second kappa shape index (κ2) is 8.45. The van der Waals surface area contributed by atoms with Crippen molar-refractivity contribution < 1.29 is 14.3 Å². The molecule has 10 heteroatoms. The van der Waals surface area contributed by atoms with E-state index in [1.165, 1.54) is 6.20 Å². The molecule has 1 fully saturated rings. The molecule has 9 nitrogen and oxygen atoms in total. The fourth-order valence-electron chi connectivity index (χ4n) is 2.75. The Kier molecular flexibility index (Phi) is 6.04. The van der Waals surface area contributed by atoms with Crippen LogP contribution in [0.4, 0.5) is 5.69 Å². The van der Waals surface area contributed by atoms with Gasteiger partial charge in [0.25, 0.3) is 5.91 Å². The number of carbonyl (C=O) groups excluding carboxylic acids is 2. The highest BCUT2D eigenvalue weighted by Gasteiger charge is 2.25. The first-order chi connectivity index (χ1) is 12.6. The second-order valence-corrected chi connectivity index (χ2v) is 6.76. The first-order valence-electron chi connectivity index (χ1n) is 8.49. The smallest absolute Gasteiger partial charge is 0.274 e. The molecule has 0 bridgehead atoms. The SMILES string of the molecule is CCn1ncc(NC(=O)CCn2cc(Br)cn2)c1C(=O)N1CCOCC1. The van der Waals surface area contributed by atoms with Crippen molar-refractivity contribution in [1.82, 2.24) is 24.5 Å². The number of aromatic nitrogens is 4. The highest BCUT2D eigenvalue weighted by molar-refractivity contribution is 9.10. The van der Waals surface area contributed by atoms with Gasteiger partial charge in [-0.05, 0) is 22.9 Å². The molecular formula is C16H21BrN6O3. The molecule has 0 atom stereocenters. The van der Waals surface area contributed by atoms with Crippen molar-refractivity contribution in [3.8, 4) is 0 Å². The lowest BCUT2D eigenvalue weighted by Gasteiger charge is -2.27. The van der Waals surface area contributed by atoms with Crippen molar-refractivity contribution in [3.05, 3.63) is 28.8 Å². The molecular weight excluding hydrogens is 404 g/mol. The number of aryl methyl sites for hydroxylation is 2. The van der Waals surface area contributed by atoms with Gasteiger partial charge in [-0.15, -0.1) is 0 Å². The maximum atomic E-state index is 12.9. The van der Waals surface area contributed by atoms with Crippen LogP contribution in [0, 0.1) is 0 Å². The molecule has 0 aliphatic carbocycles. The van der Waals surface area contributed by atoms with E-state index in [1.54, 1.807) is 26.7 Å².